The number of aromatic nitrogens is 2. The predicted octanol–water partition coefficient (Wildman–Crippen LogP) is 1.96. The Morgan fingerprint density at radius 2 is 2.19 bits per heavy atom. The Labute approximate surface area is 96.1 Å². The van der Waals surface area contributed by atoms with Crippen molar-refractivity contribution in [3.05, 3.63) is 53.6 Å². The zero-order valence-electron chi connectivity index (χ0n) is 9.77. The van der Waals surface area contributed by atoms with Crippen LogP contribution in [-0.2, 0) is 13.1 Å². The summed E-state index contributed by atoms with van der Waals surface area (Å²) in [5.74, 6) is 0. The van der Waals surface area contributed by atoms with E-state index in [4.69, 9.17) is 0 Å². The molecule has 3 nitrogen and oxygen atoms in total. The molecule has 0 spiro atoms. The van der Waals surface area contributed by atoms with Gasteiger partial charge in [0.05, 0.1) is 0 Å². The summed E-state index contributed by atoms with van der Waals surface area (Å²) >= 11 is 0. The lowest BCUT2D eigenvalue weighted by atomic mass is 10.2. The first-order chi connectivity index (χ1) is 7.78. The van der Waals surface area contributed by atoms with Gasteiger partial charge in [0.15, 0.2) is 0 Å². The minimum Gasteiger partial charge on any atom is -0.350 e. The molecule has 0 atom stereocenters. The Hall–Kier alpha value is -1.61. The molecule has 0 aliphatic rings. The fourth-order valence-corrected chi connectivity index (χ4v) is 1.81. The predicted molar refractivity (Wildman–Crippen MR) is 65.3 cm³/mol. The van der Waals surface area contributed by atoms with Crippen LogP contribution in [0.3, 0.4) is 0 Å². The van der Waals surface area contributed by atoms with Crippen molar-refractivity contribution in [3.8, 4) is 0 Å². The average molecular weight is 215 g/mol. The van der Waals surface area contributed by atoms with Crippen molar-refractivity contribution in [2.75, 3.05) is 7.05 Å². The van der Waals surface area contributed by atoms with Crippen LogP contribution in [0.1, 0.15) is 16.7 Å². The largest absolute Gasteiger partial charge is 0.350 e. The quantitative estimate of drug-likeness (QED) is 0.845. The standard InChI is InChI=1S/C13H17N3/c1-11-5-13(8-15-6-11)10-16-4-3-12(9-16)7-14-2/h3-6,8-9,14H,7,10H2,1-2H3. The molecule has 0 radical (unpaired) electrons. The SMILES string of the molecule is CNCc1ccn(Cc2cncc(C)c2)c1. The fourth-order valence-electron chi connectivity index (χ4n) is 1.81. The lowest BCUT2D eigenvalue weighted by Crippen LogP contribution is -2.04. The third kappa shape index (κ3) is 2.70. The van der Waals surface area contributed by atoms with Crippen LogP contribution in [0.25, 0.3) is 0 Å². The van der Waals surface area contributed by atoms with Crippen LogP contribution in [0.4, 0.5) is 0 Å². The lowest BCUT2D eigenvalue weighted by molar-refractivity contribution is 0.779. The molecule has 0 saturated heterocycles. The first kappa shape index (κ1) is 10.9. The number of rotatable bonds is 4. The van der Waals surface area contributed by atoms with Gasteiger partial charge >= 0.3 is 0 Å². The van der Waals surface area contributed by atoms with Gasteiger partial charge in [0, 0.05) is 37.9 Å². The summed E-state index contributed by atoms with van der Waals surface area (Å²) in [7, 11) is 1.96. The molecule has 2 aromatic rings. The smallest absolute Gasteiger partial charge is 0.0485 e. The van der Waals surface area contributed by atoms with E-state index in [-0.39, 0.29) is 0 Å². The van der Waals surface area contributed by atoms with Crippen LogP contribution in [-0.4, -0.2) is 16.6 Å². The van der Waals surface area contributed by atoms with Crippen LogP contribution in [0.5, 0.6) is 0 Å². The molecule has 0 amide bonds. The lowest BCUT2D eigenvalue weighted by Gasteiger charge is -2.03. The van der Waals surface area contributed by atoms with E-state index in [1.165, 1.54) is 16.7 Å². The molecule has 2 heterocycles. The maximum Gasteiger partial charge on any atom is 0.0485 e. The Kier molecular flexibility index (Phi) is 3.37. The highest BCUT2D eigenvalue weighted by molar-refractivity contribution is 5.18. The van der Waals surface area contributed by atoms with Gasteiger partial charge in [0.1, 0.15) is 0 Å². The van der Waals surface area contributed by atoms with E-state index in [1.54, 1.807) is 0 Å². The Bertz CT molecular complexity index is 460. The van der Waals surface area contributed by atoms with Crippen molar-refractivity contribution in [1.82, 2.24) is 14.9 Å². The number of aryl methyl sites for hydroxylation is 1. The van der Waals surface area contributed by atoms with Gasteiger partial charge < -0.3 is 9.88 Å². The summed E-state index contributed by atoms with van der Waals surface area (Å²) in [5, 5.41) is 3.14. The minimum absolute atomic E-state index is 0.887. The molecule has 0 fully saturated rings. The second kappa shape index (κ2) is 4.94. The third-order valence-electron chi connectivity index (χ3n) is 2.49. The van der Waals surface area contributed by atoms with Crippen molar-refractivity contribution >= 4 is 0 Å². The number of nitrogens with one attached hydrogen (secondary N) is 1. The van der Waals surface area contributed by atoms with Gasteiger partial charge in [0.25, 0.3) is 0 Å². The first-order valence-electron chi connectivity index (χ1n) is 5.48. The molecule has 3 heteroatoms. The molecular weight excluding hydrogens is 198 g/mol. The van der Waals surface area contributed by atoms with Gasteiger partial charge in [-0.25, -0.2) is 0 Å². The van der Waals surface area contributed by atoms with E-state index in [9.17, 15) is 0 Å². The van der Waals surface area contributed by atoms with E-state index in [0.717, 1.165) is 13.1 Å². The van der Waals surface area contributed by atoms with Crippen molar-refractivity contribution in [2.45, 2.75) is 20.0 Å². The molecule has 84 valence electrons. The highest BCUT2D eigenvalue weighted by Gasteiger charge is 1.98. The molecule has 2 rings (SSSR count). The van der Waals surface area contributed by atoms with E-state index in [2.05, 4.69) is 46.3 Å². The highest BCUT2D eigenvalue weighted by atomic mass is 14.9. The van der Waals surface area contributed by atoms with Gasteiger partial charge in [-0.05, 0) is 36.7 Å². The minimum atomic E-state index is 0.887. The molecule has 0 aromatic carbocycles. The highest BCUT2D eigenvalue weighted by Crippen LogP contribution is 2.07. The molecule has 0 bridgehead atoms. The average Bonchev–Trinajstić information content (AvgIpc) is 2.66. The van der Waals surface area contributed by atoms with Crippen LogP contribution < -0.4 is 5.32 Å². The summed E-state index contributed by atoms with van der Waals surface area (Å²) in [5.41, 5.74) is 3.76. The zero-order chi connectivity index (χ0) is 11.4. The van der Waals surface area contributed by atoms with Crippen molar-refractivity contribution in [1.29, 1.82) is 0 Å². The van der Waals surface area contributed by atoms with Crippen LogP contribution in [0.2, 0.25) is 0 Å². The molecule has 0 unspecified atom stereocenters. The van der Waals surface area contributed by atoms with Crippen LogP contribution >= 0.6 is 0 Å². The number of pyridine rings is 1. The normalized spacial score (nSPS) is 10.6. The Balaban J connectivity index is 2.08. The van der Waals surface area contributed by atoms with Crippen molar-refractivity contribution < 1.29 is 0 Å². The fraction of sp³-hybridized carbons (Fsp3) is 0.308. The number of nitrogens with zero attached hydrogens (tertiary/aromatic N) is 2. The van der Waals surface area contributed by atoms with Gasteiger partial charge in [-0.1, -0.05) is 6.07 Å². The second-order valence-electron chi connectivity index (χ2n) is 4.09. The second-order valence-corrected chi connectivity index (χ2v) is 4.09. The zero-order valence-corrected chi connectivity index (χ0v) is 9.77. The molecule has 0 saturated carbocycles. The van der Waals surface area contributed by atoms with Gasteiger partial charge in [0.2, 0.25) is 0 Å². The summed E-state index contributed by atoms with van der Waals surface area (Å²) < 4.78 is 2.18. The number of hydrogen-bond donors (Lipinski definition) is 1. The van der Waals surface area contributed by atoms with Crippen molar-refractivity contribution in [3.63, 3.8) is 0 Å². The maximum absolute atomic E-state index is 4.20. The van der Waals surface area contributed by atoms with E-state index in [1.807, 2.05) is 19.4 Å². The molecule has 16 heavy (non-hydrogen) atoms. The maximum atomic E-state index is 4.20. The van der Waals surface area contributed by atoms with Gasteiger partial charge in [-0.15, -0.1) is 0 Å². The topological polar surface area (TPSA) is 29.9 Å². The molecule has 1 N–H and O–H groups in total. The summed E-state index contributed by atoms with van der Waals surface area (Å²) in [4.78, 5) is 4.20. The Morgan fingerprint density at radius 1 is 1.31 bits per heavy atom. The van der Waals surface area contributed by atoms with Crippen LogP contribution in [0.15, 0.2) is 36.9 Å². The molecular formula is C13H17N3. The molecule has 0 aliphatic carbocycles. The summed E-state index contributed by atoms with van der Waals surface area (Å²) in [6.45, 7) is 3.87. The van der Waals surface area contributed by atoms with Gasteiger partial charge in [-0.3, -0.25) is 4.98 Å². The molecule has 0 aliphatic heterocycles. The molecule has 2 aromatic heterocycles. The van der Waals surface area contributed by atoms with Crippen LogP contribution in [0, 0.1) is 6.92 Å². The Morgan fingerprint density at radius 3 is 2.94 bits per heavy atom. The first-order valence-corrected chi connectivity index (χ1v) is 5.48. The van der Waals surface area contributed by atoms with Gasteiger partial charge in [-0.2, -0.15) is 0 Å². The number of hydrogen-bond acceptors (Lipinski definition) is 2. The van der Waals surface area contributed by atoms with E-state index >= 15 is 0 Å². The van der Waals surface area contributed by atoms with E-state index in [0.29, 0.717) is 0 Å². The van der Waals surface area contributed by atoms with Crippen molar-refractivity contribution in [2.24, 2.45) is 0 Å². The monoisotopic (exact) mass is 215 g/mol. The summed E-state index contributed by atoms with van der Waals surface area (Å²) in [6.07, 6.45) is 8.07. The third-order valence-corrected chi connectivity index (χ3v) is 2.49. The summed E-state index contributed by atoms with van der Waals surface area (Å²) in [6, 6.07) is 4.31. The van der Waals surface area contributed by atoms with E-state index < -0.39 is 0 Å².